The number of rotatable bonds is 9. The van der Waals surface area contributed by atoms with E-state index in [1.54, 1.807) is 6.92 Å². The summed E-state index contributed by atoms with van der Waals surface area (Å²) in [4.78, 5) is 35.3. The SMILES string of the molecule is CCOC(=O)NC(CNC(=O)CNC(=O)c1ccc(F)cc1)CC(C)C. The van der Waals surface area contributed by atoms with Crippen LogP contribution in [0.4, 0.5) is 9.18 Å². The molecule has 8 heteroatoms. The second kappa shape index (κ2) is 11.1. The summed E-state index contributed by atoms with van der Waals surface area (Å²) >= 11 is 0. The number of carbonyl (C=O) groups excluding carboxylic acids is 3. The Bertz CT molecular complexity index is 605. The third-order valence-corrected chi connectivity index (χ3v) is 3.41. The summed E-state index contributed by atoms with van der Waals surface area (Å²) in [5.74, 6) is -0.981. The zero-order chi connectivity index (χ0) is 19.5. The fourth-order valence-electron chi connectivity index (χ4n) is 2.27. The number of hydrogen-bond acceptors (Lipinski definition) is 4. The molecule has 0 aliphatic heterocycles. The Kier molecular flexibility index (Phi) is 9.11. The van der Waals surface area contributed by atoms with Crippen LogP contribution in [0, 0.1) is 11.7 Å². The minimum Gasteiger partial charge on any atom is -0.450 e. The minimum atomic E-state index is -0.531. The lowest BCUT2D eigenvalue weighted by Gasteiger charge is -2.20. The maximum absolute atomic E-state index is 12.8. The smallest absolute Gasteiger partial charge is 0.407 e. The number of alkyl carbamates (subject to hydrolysis) is 1. The van der Waals surface area contributed by atoms with Crippen LogP contribution in [-0.4, -0.2) is 43.6 Å². The average Bonchev–Trinajstić information content (AvgIpc) is 2.58. The maximum Gasteiger partial charge on any atom is 0.407 e. The number of ether oxygens (including phenoxy) is 1. The third kappa shape index (κ3) is 8.46. The Morgan fingerprint density at radius 2 is 1.77 bits per heavy atom. The molecule has 26 heavy (non-hydrogen) atoms. The van der Waals surface area contributed by atoms with E-state index in [2.05, 4.69) is 16.0 Å². The van der Waals surface area contributed by atoms with Crippen molar-refractivity contribution in [2.45, 2.75) is 33.2 Å². The highest BCUT2D eigenvalue weighted by atomic mass is 19.1. The second-order valence-electron chi connectivity index (χ2n) is 6.18. The van der Waals surface area contributed by atoms with E-state index in [4.69, 9.17) is 4.74 Å². The molecule has 0 saturated carbocycles. The van der Waals surface area contributed by atoms with Gasteiger partial charge < -0.3 is 20.7 Å². The van der Waals surface area contributed by atoms with Gasteiger partial charge in [-0.3, -0.25) is 9.59 Å². The van der Waals surface area contributed by atoms with Crippen LogP contribution in [0.25, 0.3) is 0 Å². The molecule has 1 aromatic carbocycles. The van der Waals surface area contributed by atoms with Crippen molar-refractivity contribution in [2.75, 3.05) is 19.7 Å². The Balaban J connectivity index is 2.42. The van der Waals surface area contributed by atoms with Gasteiger partial charge >= 0.3 is 6.09 Å². The van der Waals surface area contributed by atoms with Crippen LogP contribution in [0.3, 0.4) is 0 Å². The molecule has 0 aliphatic rings. The first-order chi connectivity index (χ1) is 12.3. The lowest BCUT2D eigenvalue weighted by Crippen LogP contribution is -2.46. The summed E-state index contributed by atoms with van der Waals surface area (Å²) in [5, 5.41) is 7.83. The molecular formula is C18H26FN3O4. The van der Waals surface area contributed by atoms with Gasteiger partial charge in [0.1, 0.15) is 5.82 Å². The monoisotopic (exact) mass is 367 g/mol. The first kappa shape index (κ1) is 21.4. The second-order valence-corrected chi connectivity index (χ2v) is 6.18. The number of nitrogens with one attached hydrogen (secondary N) is 3. The highest BCUT2D eigenvalue weighted by Gasteiger charge is 2.16. The van der Waals surface area contributed by atoms with Gasteiger partial charge in [-0.2, -0.15) is 0 Å². The summed E-state index contributed by atoms with van der Waals surface area (Å²) < 4.78 is 17.7. The Hall–Kier alpha value is -2.64. The molecule has 1 unspecified atom stereocenters. The van der Waals surface area contributed by atoms with Gasteiger partial charge in [0.15, 0.2) is 0 Å². The Morgan fingerprint density at radius 1 is 1.12 bits per heavy atom. The van der Waals surface area contributed by atoms with Crippen LogP contribution in [0.2, 0.25) is 0 Å². The molecule has 0 aromatic heterocycles. The number of hydrogen-bond donors (Lipinski definition) is 3. The standard InChI is InChI=1S/C18H26FN3O4/c1-4-26-18(25)22-15(9-12(2)3)10-20-16(23)11-21-17(24)13-5-7-14(19)8-6-13/h5-8,12,15H,4,9-11H2,1-3H3,(H,20,23)(H,21,24)(H,22,25). The number of carbonyl (C=O) groups is 3. The van der Waals surface area contributed by atoms with Crippen molar-refractivity contribution < 1.29 is 23.5 Å². The van der Waals surface area contributed by atoms with Gasteiger partial charge in [0.05, 0.1) is 13.2 Å². The topological polar surface area (TPSA) is 96.5 Å². The van der Waals surface area contributed by atoms with Crippen LogP contribution in [0.15, 0.2) is 24.3 Å². The van der Waals surface area contributed by atoms with Crippen molar-refractivity contribution in [1.29, 1.82) is 0 Å². The van der Waals surface area contributed by atoms with Gasteiger partial charge in [-0.1, -0.05) is 13.8 Å². The van der Waals surface area contributed by atoms with Crippen molar-refractivity contribution in [3.05, 3.63) is 35.6 Å². The van der Waals surface area contributed by atoms with Crippen molar-refractivity contribution >= 4 is 17.9 Å². The largest absolute Gasteiger partial charge is 0.450 e. The van der Waals surface area contributed by atoms with E-state index in [1.165, 1.54) is 24.3 Å². The fraction of sp³-hybridized carbons (Fsp3) is 0.500. The summed E-state index contributed by atoms with van der Waals surface area (Å²) in [6, 6.07) is 4.75. The predicted molar refractivity (Wildman–Crippen MR) is 95.1 cm³/mol. The molecule has 1 aromatic rings. The predicted octanol–water partition coefficient (Wildman–Crippen LogP) is 1.83. The highest BCUT2D eigenvalue weighted by molar-refractivity contribution is 5.96. The van der Waals surface area contributed by atoms with Crippen molar-refractivity contribution in [3.63, 3.8) is 0 Å². The minimum absolute atomic E-state index is 0.218. The summed E-state index contributed by atoms with van der Waals surface area (Å²) in [5.41, 5.74) is 0.265. The van der Waals surface area contributed by atoms with Crippen LogP contribution >= 0.6 is 0 Å². The van der Waals surface area contributed by atoms with Gasteiger partial charge in [-0.15, -0.1) is 0 Å². The quantitative estimate of drug-likeness (QED) is 0.620. The molecule has 3 amide bonds. The van der Waals surface area contributed by atoms with Gasteiger partial charge in [0.25, 0.3) is 5.91 Å². The number of halogens is 1. The van der Waals surface area contributed by atoms with Crippen molar-refractivity contribution in [2.24, 2.45) is 5.92 Å². The third-order valence-electron chi connectivity index (χ3n) is 3.41. The van der Waals surface area contributed by atoms with E-state index in [-0.39, 0.29) is 37.2 Å². The Labute approximate surface area is 152 Å². The van der Waals surface area contributed by atoms with Gasteiger partial charge in [0.2, 0.25) is 5.91 Å². The fourth-order valence-corrected chi connectivity index (χ4v) is 2.27. The zero-order valence-corrected chi connectivity index (χ0v) is 15.3. The molecule has 0 bridgehead atoms. The molecule has 0 spiro atoms. The maximum atomic E-state index is 12.8. The first-order valence-electron chi connectivity index (χ1n) is 8.55. The van der Waals surface area contributed by atoms with Crippen LogP contribution in [0.5, 0.6) is 0 Å². The molecule has 0 fully saturated rings. The number of amides is 3. The summed E-state index contributed by atoms with van der Waals surface area (Å²) in [6.45, 7) is 5.99. The highest BCUT2D eigenvalue weighted by Crippen LogP contribution is 2.04. The molecule has 0 heterocycles. The molecule has 7 nitrogen and oxygen atoms in total. The van der Waals surface area contributed by atoms with E-state index < -0.39 is 17.8 Å². The molecule has 0 radical (unpaired) electrons. The molecule has 3 N–H and O–H groups in total. The van der Waals surface area contributed by atoms with Gasteiger partial charge in [-0.05, 0) is 43.5 Å². The summed E-state index contributed by atoms with van der Waals surface area (Å²) in [6.07, 6.45) is 0.137. The van der Waals surface area contributed by atoms with E-state index in [0.29, 0.717) is 12.3 Å². The van der Waals surface area contributed by atoms with Crippen molar-refractivity contribution in [1.82, 2.24) is 16.0 Å². The lowest BCUT2D eigenvalue weighted by atomic mass is 10.0. The zero-order valence-electron chi connectivity index (χ0n) is 15.3. The van der Waals surface area contributed by atoms with Crippen LogP contribution < -0.4 is 16.0 Å². The first-order valence-corrected chi connectivity index (χ1v) is 8.55. The molecular weight excluding hydrogens is 341 g/mol. The molecule has 0 saturated heterocycles. The molecule has 144 valence electrons. The lowest BCUT2D eigenvalue weighted by molar-refractivity contribution is -0.120. The molecule has 1 atom stereocenters. The van der Waals surface area contributed by atoms with E-state index >= 15 is 0 Å². The summed E-state index contributed by atoms with van der Waals surface area (Å²) in [7, 11) is 0. The average molecular weight is 367 g/mol. The molecule has 0 aliphatic carbocycles. The van der Waals surface area contributed by atoms with E-state index in [9.17, 15) is 18.8 Å². The normalized spacial score (nSPS) is 11.6. The van der Waals surface area contributed by atoms with Crippen molar-refractivity contribution in [3.8, 4) is 0 Å². The van der Waals surface area contributed by atoms with Crippen LogP contribution in [-0.2, 0) is 9.53 Å². The Morgan fingerprint density at radius 3 is 2.35 bits per heavy atom. The number of benzene rings is 1. The molecule has 1 rings (SSSR count). The van der Waals surface area contributed by atoms with E-state index in [0.717, 1.165) is 0 Å². The van der Waals surface area contributed by atoms with Gasteiger partial charge in [0, 0.05) is 18.2 Å². The van der Waals surface area contributed by atoms with Crippen LogP contribution in [0.1, 0.15) is 37.6 Å². The van der Waals surface area contributed by atoms with Gasteiger partial charge in [-0.25, -0.2) is 9.18 Å². The van der Waals surface area contributed by atoms with E-state index in [1.807, 2.05) is 13.8 Å².